The van der Waals surface area contributed by atoms with Crippen molar-refractivity contribution >= 4 is 10.0 Å². The van der Waals surface area contributed by atoms with Gasteiger partial charge in [0.25, 0.3) is 0 Å². The summed E-state index contributed by atoms with van der Waals surface area (Å²) < 4.78 is 53.2. The summed E-state index contributed by atoms with van der Waals surface area (Å²) >= 11 is 0. The summed E-state index contributed by atoms with van der Waals surface area (Å²) in [6.07, 6.45) is 1.08. The second-order valence-corrected chi connectivity index (χ2v) is 5.86. The van der Waals surface area contributed by atoms with Gasteiger partial charge in [-0.25, -0.2) is 21.9 Å². The third-order valence-corrected chi connectivity index (χ3v) is 4.35. The van der Waals surface area contributed by atoms with Gasteiger partial charge < -0.3 is 5.11 Å². The van der Waals surface area contributed by atoms with Gasteiger partial charge in [-0.2, -0.15) is 0 Å². The molecule has 0 saturated carbocycles. The second-order valence-electron chi connectivity index (χ2n) is 4.18. The smallest absolute Gasteiger partial charge is 0.243 e. The van der Waals surface area contributed by atoms with Gasteiger partial charge in [-0.05, 0) is 30.5 Å². The van der Waals surface area contributed by atoms with Crippen molar-refractivity contribution in [2.45, 2.75) is 44.2 Å². The number of sulfonamides is 1. The van der Waals surface area contributed by atoms with Crippen molar-refractivity contribution < 1.29 is 22.3 Å². The summed E-state index contributed by atoms with van der Waals surface area (Å²) in [5.41, 5.74) is 0.00354. The fraction of sp³-hybridized carbons (Fsp3) is 0.500. The van der Waals surface area contributed by atoms with Crippen molar-refractivity contribution in [2.75, 3.05) is 0 Å². The van der Waals surface area contributed by atoms with Gasteiger partial charge in [0.1, 0.15) is 4.90 Å². The summed E-state index contributed by atoms with van der Waals surface area (Å²) in [5.74, 6) is -2.73. The Hall–Kier alpha value is -1.05. The van der Waals surface area contributed by atoms with Crippen molar-refractivity contribution in [3.05, 3.63) is 29.3 Å². The fourth-order valence-corrected chi connectivity index (χ4v) is 3.18. The van der Waals surface area contributed by atoms with Gasteiger partial charge in [0, 0.05) is 6.04 Å². The zero-order chi connectivity index (χ0) is 14.6. The van der Waals surface area contributed by atoms with Gasteiger partial charge in [0.2, 0.25) is 10.0 Å². The maximum Gasteiger partial charge on any atom is 0.243 e. The van der Waals surface area contributed by atoms with Crippen LogP contribution in [0.1, 0.15) is 32.3 Å². The monoisotopic (exact) mass is 293 g/mol. The molecule has 0 aliphatic heterocycles. The topological polar surface area (TPSA) is 66.4 Å². The zero-order valence-corrected chi connectivity index (χ0v) is 11.6. The average Bonchev–Trinajstić information content (AvgIpc) is 2.38. The average molecular weight is 293 g/mol. The highest BCUT2D eigenvalue weighted by atomic mass is 32.2. The number of halogens is 2. The molecule has 1 aromatic carbocycles. The Bertz CT molecular complexity index is 542. The van der Waals surface area contributed by atoms with E-state index in [1.54, 1.807) is 13.8 Å². The molecule has 0 saturated heterocycles. The van der Waals surface area contributed by atoms with E-state index in [2.05, 4.69) is 4.72 Å². The van der Waals surface area contributed by atoms with Gasteiger partial charge in [0.05, 0.1) is 6.61 Å². The molecule has 0 fully saturated rings. The minimum atomic E-state index is -4.15. The van der Waals surface area contributed by atoms with Crippen molar-refractivity contribution in [3.8, 4) is 0 Å². The molecule has 0 unspecified atom stereocenters. The van der Waals surface area contributed by atoms with Crippen LogP contribution >= 0.6 is 0 Å². The maximum atomic E-state index is 13.6. The molecule has 4 nitrogen and oxygen atoms in total. The van der Waals surface area contributed by atoms with Crippen LogP contribution in [0.25, 0.3) is 0 Å². The first kappa shape index (κ1) is 16.0. The maximum absolute atomic E-state index is 13.6. The Labute approximate surface area is 111 Å². The van der Waals surface area contributed by atoms with Gasteiger partial charge in [0.15, 0.2) is 11.6 Å². The van der Waals surface area contributed by atoms with E-state index in [9.17, 15) is 17.2 Å². The van der Waals surface area contributed by atoms with Crippen LogP contribution in [0.2, 0.25) is 0 Å². The first-order valence-electron chi connectivity index (χ1n) is 5.96. The lowest BCUT2D eigenvalue weighted by molar-refractivity contribution is 0.280. The molecule has 0 aliphatic carbocycles. The quantitative estimate of drug-likeness (QED) is 0.842. The Morgan fingerprint density at radius 3 is 2.32 bits per heavy atom. The molecule has 0 atom stereocenters. The second kappa shape index (κ2) is 6.40. The Kier molecular flexibility index (Phi) is 5.39. The highest BCUT2D eigenvalue weighted by Gasteiger charge is 2.24. The molecule has 2 N–H and O–H groups in total. The predicted molar refractivity (Wildman–Crippen MR) is 67.0 cm³/mol. The highest BCUT2D eigenvalue weighted by molar-refractivity contribution is 7.89. The Balaban J connectivity index is 3.24. The number of hydrogen-bond donors (Lipinski definition) is 2. The minimum absolute atomic E-state index is 0.00354. The predicted octanol–water partition coefficient (Wildman–Crippen LogP) is 1.92. The Morgan fingerprint density at radius 1 is 1.26 bits per heavy atom. The van der Waals surface area contributed by atoms with Crippen molar-refractivity contribution in [1.82, 2.24) is 4.72 Å². The number of rotatable bonds is 6. The van der Waals surface area contributed by atoms with Gasteiger partial charge >= 0.3 is 0 Å². The number of aliphatic hydroxyl groups excluding tert-OH is 1. The summed E-state index contributed by atoms with van der Waals surface area (Å²) in [5, 5.41) is 8.91. The summed E-state index contributed by atoms with van der Waals surface area (Å²) in [6, 6.07) is 1.36. The molecule has 0 aromatic heterocycles. The number of aliphatic hydroxyl groups is 1. The van der Waals surface area contributed by atoms with E-state index in [4.69, 9.17) is 5.11 Å². The van der Waals surface area contributed by atoms with Crippen molar-refractivity contribution in [3.63, 3.8) is 0 Å². The van der Waals surface area contributed by atoms with Crippen LogP contribution in [0.15, 0.2) is 17.0 Å². The highest BCUT2D eigenvalue weighted by Crippen LogP contribution is 2.20. The van der Waals surface area contributed by atoms with Crippen LogP contribution in [0.3, 0.4) is 0 Å². The van der Waals surface area contributed by atoms with E-state index in [0.717, 1.165) is 12.1 Å². The van der Waals surface area contributed by atoms with Crippen molar-refractivity contribution in [2.24, 2.45) is 0 Å². The van der Waals surface area contributed by atoms with Crippen molar-refractivity contribution in [1.29, 1.82) is 0 Å². The molecule has 108 valence electrons. The van der Waals surface area contributed by atoms with E-state index >= 15 is 0 Å². The van der Waals surface area contributed by atoms with E-state index in [1.165, 1.54) is 0 Å². The summed E-state index contributed by atoms with van der Waals surface area (Å²) in [7, 11) is -4.15. The molecule has 0 spiro atoms. The molecule has 1 rings (SSSR count). The molecule has 0 radical (unpaired) electrons. The van der Waals surface area contributed by atoms with E-state index in [-0.39, 0.29) is 11.6 Å². The van der Waals surface area contributed by atoms with E-state index in [1.807, 2.05) is 0 Å². The lowest BCUT2D eigenvalue weighted by Crippen LogP contribution is -2.34. The summed E-state index contributed by atoms with van der Waals surface area (Å²) in [6.45, 7) is 3.01. The van der Waals surface area contributed by atoms with E-state index < -0.39 is 33.2 Å². The fourth-order valence-electron chi connectivity index (χ4n) is 1.64. The van der Waals surface area contributed by atoms with Crippen LogP contribution in [0.4, 0.5) is 8.78 Å². The van der Waals surface area contributed by atoms with Crippen LogP contribution in [0.5, 0.6) is 0 Å². The van der Waals surface area contributed by atoms with Gasteiger partial charge in [-0.15, -0.1) is 0 Å². The molecule has 0 amide bonds. The van der Waals surface area contributed by atoms with E-state index in [0.29, 0.717) is 12.8 Å². The van der Waals surface area contributed by atoms with Gasteiger partial charge in [-0.3, -0.25) is 0 Å². The first-order chi connectivity index (χ1) is 8.85. The summed E-state index contributed by atoms with van der Waals surface area (Å²) in [4.78, 5) is -0.775. The standard InChI is InChI=1S/C12H17F2NO3S/c1-3-9(4-2)15-19(17,18)11-6-8(7-16)5-10(13)12(11)14/h5-6,9,15-16H,3-4,7H2,1-2H3. The molecular weight excluding hydrogens is 276 g/mol. The SMILES string of the molecule is CCC(CC)NS(=O)(=O)c1cc(CO)cc(F)c1F. The molecule has 0 aliphatic rings. The number of hydrogen-bond acceptors (Lipinski definition) is 3. The number of benzene rings is 1. The Morgan fingerprint density at radius 2 is 1.84 bits per heavy atom. The number of nitrogens with one attached hydrogen (secondary N) is 1. The van der Waals surface area contributed by atoms with Crippen LogP contribution in [0, 0.1) is 11.6 Å². The lowest BCUT2D eigenvalue weighted by Gasteiger charge is -2.16. The molecule has 0 bridgehead atoms. The largest absolute Gasteiger partial charge is 0.392 e. The normalized spacial score (nSPS) is 12.1. The molecular formula is C12H17F2NO3S. The molecule has 19 heavy (non-hydrogen) atoms. The zero-order valence-electron chi connectivity index (χ0n) is 10.8. The van der Waals surface area contributed by atoms with Gasteiger partial charge in [-0.1, -0.05) is 13.8 Å². The minimum Gasteiger partial charge on any atom is -0.392 e. The third-order valence-electron chi connectivity index (χ3n) is 2.83. The van der Waals surface area contributed by atoms with Crippen LogP contribution < -0.4 is 4.72 Å². The first-order valence-corrected chi connectivity index (χ1v) is 7.45. The molecule has 1 aromatic rings. The van der Waals surface area contributed by atoms with Crippen LogP contribution in [-0.4, -0.2) is 19.6 Å². The lowest BCUT2D eigenvalue weighted by atomic mass is 10.2. The third kappa shape index (κ3) is 3.71. The van der Waals surface area contributed by atoms with Crippen LogP contribution in [-0.2, 0) is 16.6 Å². The molecule has 0 heterocycles. The molecule has 7 heteroatoms.